The van der Waals surface area contributed by atoms with Crippen LogP contribution < -0.4 is 5.73 Å². The molecular weight excluding hydrogens is 292 g/mol. The molecule has 1 aromatic rings. The Balaban J connectivity index is 2.34. The van der Waals surface area contributed by atoms with E-state index in [9.17, 15) is 4.79 Å². The number of nitrogens with zero attached hydrogens (tertiary/aromatic N) is 1. The van der Waals surface area contributed by atoms with Gasteiger partial charge in [0.05, 0.1) is 0 Å². The van der Waals surface area contributed by atoms with Crippen LogP contribution in [0, 0.1) is 0 Å². The van der Waals surface area contributed by atoms with Crippen LogP contribution in [0.5, 0.6) is 0 Å². The lowest BCUT2D eigenvalue weighted by Crippen LogP contribution is -2.47. The van der Waals surface area contributed by atoms with Crippen LogP contribution in [-0.2, 0) is 17.8 Å². The highest BCUT2D eigenvalue weighted by Crippen LogP contribution is 2.28. The molecule has 1 aliphatic rings. The minimum Gasteiger partial charge on any atom is -0.368 e. The molecule has 1 aliphatic heterocycles. The second-order valence-electron chi connectivity index (χ2n) is 4.61. The van der Waals surface area contributed by atoms with Gasteiger partial charge in [-0.1, -0.05) is 36.9 Å². The molecule has 20 heavy (non-hydrogen) atoms. The summed E-state index contributed by atoms with van der Waals surface area (Å²) < 4.78 is 0. The minimum atomic E-state index is -0.564. The van der Waals surface area contributed by atoms with Crippen LogP contribution >= 0.6 is 22.9 Å². The zero-order chi connectivity index (χ0) is 14.7. The lowest BCUT2D eigenvalue weighted by molar-refractivity contribution is -0.122. The monoisotopic (exact) mass is 308 g/mol. The van der Waals surface area contributed by atoms with E-state index in [-0.39, 0.29) is 0 Å². The summed E-state index contributed by atoms with van der Waals surface area (Å²) in [6.45, 7) is 8.85. The summed E-state index contributed by atoms with van der Waals surface area (Å²) in [4.78, 5) is 15.3. The fourth-order valence-corrected chi connectivity index (χ4v) is 3.55. The molecule has 0 aliphatic carbocycles. The number of fused-ring (bicyclic) bond motifs is 1. The highest BCUT2D eigenvalue weighted by molar-refractivity contribution is 7.10. The Bertz CT molecular complexity index is 576. The van der Waals surface area contributed by atoms with Crippen LogP contribution in [0.3, 0.4) is 0 Å². The van der Waals surface area contributed by atoms with Crippen molar-refractivity contribution in [2.45, 2.75) is 19.0 Å². The fraction of sp³-hybridized carbons (Fsp3) is 0.267. The van der Waals surface area contributed by atoms with Crippen molar-refractivity contribution in [3.63, 3.8) is 0 Å². The largest absolute Gasteiger partial charge is 0.368 e. The van der Waals surface area contributed by atoms with Crippen LogP contribution in [0.4, 0.5) is 0 Å². The summed E-state index contributed by atoms with van der Waals surface area (Å²) in [6, 6.07) is 1.53. The summed E-state index contributed by atoms with van der Waals surface area (Å²) in [5.41, 5.74) is 7.45. The van der Waals surface area contributed by atoms with Crippen LogP contribution in [0.2, 0.25) is 0 Å². The lowest BCUT2D eigenvalue weighted by Gasteiger charge is -2.33. The third kappa shape index (κ3) is 2.87. The summed E-state index contributed by atoms with van der Waals surface area (Å²) in [6.07, 6.45) is 4.02. The van der Waals surface area contributed by atoms with E-state index in [1.165, 1.54) is 16.5 Å². The molecule has 1 unspecified atom stereocenters. The second kappa shape index (κ2) is 6.39. The van der Waals surface area contributed by atoms with Gasteiger partial charge < -0.3 is 5.73 Å². The number of hydrogen-bond donors (Lipinski definition) is 1. The van der Waals surface area contributed by atoms with Crippen molar-refractivity contribution in [1.82, 2.24) is 4.90 Å². The molecule has 0 fully saturated rings. The first-order valence-electron chi connectivity index (χ1n) is 6.31. The van der Waals surface area contributed by atoms with Crippen molar-refractivity contribution in [1.29, 1.82) is 0 Å². The fourth-order valence-electron chi connectivity index (χ4n) is 2.48. The molecule has 0 aromatic carbocycles. The molecule has 3 nitrogen and oxygen atoms in total. The quantitative estimate of drug-likeness (QED) is 0.850. The van der Waals surface area contributed by atoms with Crippen LogP contribution in [0.1, 0.15) is 10.4 Å². The number of primary amides is 1. The molecule has 0 bridgehead atoms. The van der Waals surface area contributed by atoms with Crippen molar-refractivity contribution in [2.24, 2.45) is 5.73 Å². The van der Waals surface area contributed by atoms with Gasteiger partial charge in [0.15, 0.2) is 0 Å². The topological polar surface area (TPSA) is 46.3 Å². The Morgan fingerprint density at radius 3 is 2.85 bits per heavy atom. The predicted octanol–water partition coefficient (Wildman–Crippen LogP) is 2.83. The standard InChI is InChI=1S/C15H17ClN2OS/c1-3-11(12(16)4-2)14(15(17)19)18-7-5-13-10(9-18)6-8-20-13/h3-4,6,8,14H,1-2,5,7,9H2,(H2,17,19)/b12-11-. The molecule has 2 heterocycles. The first-order chi connectivity index (χ1) is 9.58. The Labute approximate surface area is 128 Å². The molecule has 5 heteroatoms. The van der Waals surface area contributed by atoms with E-state index in [0.29, 0.717) is 17.2 Å². The molecular formula is C15H17ClN2OS. The number of carbonyl (C=O) groups is 1. The van der Waals surface area contributed by atoms with Gasteiger partial charge in [-0.2, -0.15) is 0 Å². The van der Waals surface area contributed by atoms with Gasteiger partial charge in [0.1, 0.15) is 6.04 Å². The molecule has 0 saturated carbocycles. The highest BCUT2D eigenvalue weighted by atomic mass is 35.5. The maximum atomic E-state index is 11.9. The number of rotatable bonds is 5. The Morgan fingerprint density at radius 2 is 2.25 bits per heavy atom. The average Bonchev–Trinajstić information content (AvgIpc) is 2.90. The van der Waals surface area contributed by atoms with Crippen LogP contribution in [0.25, 0.3) is 0 Å². The molecule has 1 amide bonds. The van der Waals surface area contributed by atoms with Crippen molar-refractivity contribution in [3.05, 3.63) is 57.8 Å². The van der Waals surface area contributed by atoms with E-state index in [2.05, 4.69) is 24.6 Å². The molecule has 0 saturated heterocycles. The van der Waals surface area contributed by atoms with Crippen molar-refractivity contribution >= 4 is 28.8 Å². The third-order valence-corrected chi connectivity index (χ3v) is 4.84. The molecule has 0 radical (unpaired) electrons. The van der Waals surface area contributed by atoms with Crippen molar-refractivity contribution in [2.75, 3.05) is 6.54 Å². The third-order valence-electron chi connectivity index (χ3n) is 3.44. The minimum absolute atomic E-state index is 0.417. The van der Waals surface area contributed by atoms with Gasteiger partial charge in [0.25, 0.3) is 0 Å². The molecule has 2 N–H and O–H groups in total. The number of allylic oxidation sites excluding steroid dienone is 2. The van der Waals surface area contributed by atoms with E-state index in [0.717, 1.165) is 13.0 Å². The smallest absolute Gasteiger partial charge is 0.239 e. The van der Waals surface area contributed by atoms with Gasteiger partial charge in [0.2, 0.25) is 5.91 Å². The summed E-state index contributed by atoms with van der Waals surface area (Å²) >= 11 is 7.88. The summed E-state index contributed by atoms with van der Waals surface area (Å²) in [5, 5.41) is 2.49. The highest BCUT2D eigenvalue weighted by Gasteiger charge is 2.30. The Hall–Kier alpha value is -1.36. The van der Waals surface area contributed by atoms with Gasteiger partial charge in [-0.05, 0) is 29.0 Å². The summed E-state index contributed by atoms with van der Waals surface area (Å²) in [5.74, 6) is -0.418. The van der Waals surface area contributed by atoms with Gasteiger partial charge in [-0.3, -0.25) is 9.69 Å². The SMILES string of the molecule is C=C/C(Cl)=C(\C=C)C(C(N)=O)N1CCc2sccc2C1. The molecule has 2 rings (SSSR count). The second-order valence-corrected chi connectivity index (χ2v) is 6.01. The number of amides is 1. The van der Waals surface area contributed by atoms with Gasteiger partial charge in [-0.25, -0.2) is 0 Å². The van der Waals surface area contributed by atoms with Crippen molar-refractivity contribution in [3.8, 4) is 0 Å². The number of carbonyl (C=O) groups excluding carboxylic acids is 1. The maximum absolute atomic E-state index is 11.9. The number of thiophene rings is 1. The van der Waals surface area contributed by atoms with E-state index >= 15 is 0 Å². The van der Waals surface area contributed by atoms with E-state index in [1.54, 1.807) is 17.4 Å². The van der Waals surface area contributed by atoms with E-state index in [1.807, 2.05) is 4.90 Å². The van der Waals surface area contributed by atoms with Crippen LogP contribution in [-0.4, -0.2) is 23.4 Å². The predicted molar refractivity (Wildman–Crippen MR) is 84.7 cm³/mol. The average molecular weight is 309 g/mol. The summed E-state index contributed by atoms with van der Waals surface area (Å²) in [7, 11) is 0. The number of hydrogen-bond acceptors (Lipinski definition) is 3. The maximum Gasteiger partial charge on any atom is 0.239 e. The van der Waals surface area contributed by atoms with Gasteiger partial charge in [-0.15, -0.1) is 11.3 Å². The Morgan fingerprint density at radius 1 is 1.50 bits per heavy atom. The van der Waals surface area contributed by atoms with Crippen LogP contribution in [0.15, 0.2) is 47.4 Å². The Kier molecular flexibility index (Phi) is 4.81. The molecule has 1 atom stereocenters. The van der Waals surface area contributed by atoms with E-state index < -0.39 is 11.9 Å². The zero-order valence-corrected chi connectivity index (χ0v) is 12.7. The molecule has 0 spiro atoms. The zero-order valence-electron chi connectivity index (χ0n) is 11.1. The first kappa shape index (κ1) is 15.0. The molecule has 1 aromatic heterocycles. The van der Waals surface area contributed by atoms with Gasteiger partial charge in [0, 0.05) is 23.0 Å². The molecule has 106 valence electrons. The lowest BCUT2D eigenvalue weighted by atomic mass is 10.00. The normalized spacial score (nSPS) is 17.9. The van der Waals surface area contributed by atoms with Crippen molar-refractivity contribution < 1.29 is 4.79 Å². The van der Waals surface area contributed by atoms with Gasteiger partial charge >= 0.3 is 0 Å². The number of halogens is 1. The number of nitrogens with two attached hydrogens (primary N) is 1. The van der Waals surface area contributed by atoms with E-state index in [4.69, 9.17) is 17.3 Å². The first-order valence-corrected chi connectivity index (χ1v) is 7.57.